The van der Waals surface area contributed by atoms with E-state index in [0.717, 1.165) is 16.7 Å². The summed E-state index contributed by atoms with van der Waals surface area (Å²) in [6, 6.07) is 11.3. The smallest absolute Gasteiger partial charge is 0.123 e. The molecule has 0 radical (unpaired) electrons. The Balaban J connectivity index is 2.00. The van der Waals surface area contributed by atoms with Gasteiger partial charge in [-0.15, -0.1) is 0 Å². The molecule has 1 atom stereocenters. The highest BCUT2D eigenvalue weighted by atomic mass is 19.1. The van der Waals surface area contributed by atoms with Gasteiger partial charge in [0.1, 0.15) is 11.6 Å². The second-order valence-electron chi connectivity index (χ2n) is 4.72. The van der Waals surface area contributed by atoms with Gasteiger partial charge in [-0.2, -0.15) is 0 Å². The third-order valence-corrected chi connectivity index (χ3v) is 3.27. The molecule has 0 amide bonds. The van der Waals surface area contributed by atoms with Gasteiger partial charge >= 0.3 is 0 Å². The van der Waals surface area contributed by atoms with Crippen molar-refractivity contribution in [3.63, 3.8) is 0 Å². The van der Waals surface area contributed by atoms with E-state index in [1.807, 2.05) is 13.8 Å². The zero-order valence-corrected chi connectivity index (χ0v) is 11.1. The Kier molecular flexibility index (Phi) is 4.27. The number of benzene rings is 2. The van der Waals surface area contributed by atoms with Gasteiger partial charge < -0.3 is 5.32 Å². The zero-order valence-electron chi connectivity index (χ0n) is 11.1. The van der Waals surface area contributed by atoms with Crippen LogP contribution >= 0.6 is 0 Å². The Labute approximate surface area is 112 Å². The molecule has 1 nitrogen and oxygen atoms in total. The van der Waals surface area contributed by atoms with Crippen LogP contribution in [0.5, 0.6) is 0 Å². The standard InChI is InChI=1S/C16H17F2N/c1-11-9-16(18)8-5-14(11)10-19-12(2)13-3-6-15(17)7-4-13/h3-9,12,19H,10H2,1-2H3/t12-/m1/s1. The number of aryl methyl sites for hydroxylation is 1. The summed E-state index contributed by atoms with van der Waals surface area (Å²) in [6.45, 7) is 4.57. The maximum Gasteiger partial charge on any atom is 0.123 e. The van der Waals surface area contributed by atoms with Crippen LogP contribution in [-0.4, -0.2) is 0 Å². The fourth-order valence-electron chi connectivity index (χ4n) is 1.99. The minimum atomic E-state index is -0.231. The molecule has 0 saturated heterocycles. The van der Waals surface area contributed by atoms with Crippen LogP contribution in [0.1, 0.15) is 29.7 Å². The molecule has 19 heavy (non-hydrogen) atoms. The zero-order chi connectivity index (χ0) is 13.8. The minimum absolute atomic E-state index is 0.116. The average Bonchev–Trinajstić information content (AvgIpc) is 2.38. The second kappa shape index (κ2) is 5.93. The number of rotatable bonds is 4. The summed E-state index contributed by atoms with van der Waals surface area (Å²) < 4.78 is 25.8. The van der Waals surface area contributed by atoms with Crippen molar-refractivity contribution in [3.05, 3.63) is 70.8 Å². The van der Waals surface area contributed by atoms with Crippen LogP contribution in [0.4, 0.5) is 8.78 Å². The van der Waals surface area contributed by atoms with Crippen LogP contribution in [0.2, 0.25) is 0 Å². The Morgan fingerprint density at radius 2 is 1.63 bits per heavy atom. The quantitative estimate of drug-likeness (QED) is 0.872. The molecule has 1 N–H and O–H groups in total. The summed E-state index contributed by atoms with van der Waals surface area (Å²) in [5, 5.41) is 3.35. The van der Waals surface area contributed by atoms with Gasteiger partial charge in [0.2, 0.25) is 0 Å². The monoisotopic (exact) mass is 261 g/mol. The van der Waals surface area contributed by atoms with E-state index in [4.69, 9.17) is 0 Å². The van der Waals surface area contributed by atoms with Gasteiger partial charge in [0.15, 0.2) is 0 Å². The van der Waals surface area contributed by atoms with Gasteiger partial charge in [-0.3, -0.25) is 0 Å². The molecule has 2 aromatic carbocycles. The maximum atomic E-state index is 13.0. The summed E-state index contributed by atoms with van der Waals surface area (Å²) in [4.78, 5) is 0. The summed E-state index contributed by atoms with van der Waals surface area (Å²) in [7, 11) is 0. The van der Waals surface area contributed by atoms with Crippen LogP contribution in [0.15, 0.2) is 42.5 Å². The van der Waals surface area contributed by atoms with E-state index >= 15 is 0 Å². The lowest BCUT2D eigenvalue weighted by molar-refractivity contribution is 0.568. The third kappa shape index (κ3) is 3.61. The van der Waals surface area contributed by atoms with E-state index < -0.39 is 0 Å². The molecule has 0 spiro atoms. The second-order valence-corrected chi connectivity index (χ2v) is 4.72. The highest BCUT2D eigenvalue weighted by Crippen LogP contribution is 2.15. The first-order chi connectivity index (χ1) is 9.06. The molecule has 0 heterocycles. The van der Waals surface area contributed by atoms with Crippen molar-refractivity contribution < 1.29 is 8.78 Å². The fourth-order valence-corrected chi connectivity index (χ4v) is 1.99. The first-order valence-corrected chi connectivity index (χ1v) is 6.30. The molecule has 0 aliphatic carbocycles. The maximum absolute atomic E-state index is 13.0. The van der Waals surface area contributed by atoms with Gasteiger partial charge in [-0.05, 0) is 54.8 Å². The number of halogens is 2. The van der Waals surface area contributed by atoms with Crippen LogP contribution < -0.4 is 5.32 Å². The van der Waals surface area contributed by atoms with Crippen LogP contribution in [0.3, 0.4) is 0 Å². The lowest BCUT2D eigenvalue weighted by Crippen LogP contribution is -2.18. The van der Waals surface area contributed by atoms with Crippen molar-refractivity contribution >= 4 is 0 Å². The topological polar surface area (TPSA) is 12.0 Å². The molecule has 0 bridgehead atoms. The Morgan fingerprint density at radius 3 is 2.26 bits per heavy atom. The minimum Gasteiger partial charge on any atom is -0.306 e. The molecule has 2 aromatic rings. The number of hydrogen-bond acceptors (Lipinski definition) is 1. The molecular weight excluding hydrogens is 244 g/mol. The molecule has 100 valence electrons. The predicted octanol–water partition coefficient (Wildman–Crippen LogP) is 4.12. The van der Waals surface area contributed by atoms with Crippen molar-refractivity contribution in [3.8, 4) is 0 Å². The highest BCUT2D eigenvalue weighted by molar-refractivity contribution is 5.27. The van der Waals surface area contributed by atoms with Gasteiger partial charge in [-0.25, -0.2) is 8.78 Å². The van der Waals surface area contributed by atoms with Crippen molar-refractivity contribution in [2.75, 3.05) is 0 Å². The van der Waals surface area contributed by atoms with Crippen LogP contribution in [0.25, 0.3) is 0 Å². The highest BCUT2D eigenvalue weighted by Gasteiger charge is 2.06. The largest absolute Gasteiger partial charge is 0.306 e. The van der Waals surface area contributed by atoms with Gasteiger partial charge in [0, 0.05) is 12.6 Å². The van der Waals surface area contributed by atoms with Crippen molar-refractivity contribution in [1.82, 2.24) is 5.32 Å². The molecule has 0 aromatic heterocycles. The van der Waals surface area contributed by atoms with E-state index in [0.29, 0.717) is 6.54 Å². The molecule has 0 unspecified atom stereocenters. The van der Waals surface area contributed by atoms with Gasteiger partial charge in [-0.1, -0.05) is 18.2 Å². The van der Waals surface area contributed by atoms with E-state index in [9.17, 15) is 8.78 Å². The van der Waals surface area contributed by atoms with Crippen molar-refractivity contribution in [1.29, 1.82) is 0 Å². The molecular formula is C16H17F2N. The molecule has 0 aliphatic rings. The Morgan fingerprint density at radius 1 is 1.00 bits per heavy atom. The summed E-state index contributed by atoms with van der Waals surface area (Å²) in [5.41, 5.74) is 3.02. The first kappa shape index (κ1) is 13.7. The lowest BCUT2D eigenvalue weighted by Gasteiger charge is -2.15. The molecule has 0 fully saturated rings. The Bertz CT molecular complexity index is 549. The molecule has 0 saturated carbocycles. The van der Waals surface area contributed by atoms with E-state index in [1.165, 1.54) is 24.3 Å². The van der Waals surface area contributed by atoms with Crippen LogP contribution in [-0.2, 0) is 6.54 Å². The Hall–Kier alpha value is -1.74. The SMILES string of the molecule is Cc1cc(F)ccc1CN[C@H](C)c1ccc(F)cc1. The average molecular weight is 261 g/mol. The molecule has 3 heteroatoms. The van der Waals surface area contributed by atoms with E-state index in [1.54, 1.807) is 18.2 Å². The van der Waals surface area contributed by atoms with Crippen LogP contribution in [0, 0.1) is 18.6 Å². The summed E-state index contributed by atoms with van der Waals surface area (Å²) in [5.74, 6) is -0.446. The van der Waals surface area contributed by atoms with E-state index in [-0.39, 0.29) is 17.7 Å². The fraction of sp³-hybridized carbons (Fsp3) is 0.250. The summed E-state index contributed by atoms with van der Waals surface area (Å²) >= 11 is 0. The van der Waals surface area contributed by atoms with Crippen molar-refractivity contribution in [2.45, 2.75) is 26.4 Å². The van der Waals surface area contributed by atoms with Gasteiger partial charge in [0.05, 0.1) is 0 Å². The van der Waals surface area contributed by atoms with Crippen molar-refractivity contribution in [2.24, 2.45) is 0 Å². The van der Waals surface area contributed by atoms with E-state index in [2.05, 4.69) is 5.32 Å². The number of nitrogens with one attached hydrogen (secondary N) is 1. The van der Waals surface area contributed by atoms with Gasteiger partial charge in [0.25, 0.3) is 0 Å². The third-order valence-electron chi connectivity index (χ3n) is 3.27. The first-order valence-electron chi connectivity index (χ1n) is 6.30. The normalized spacial score (nSPS) is 12.4. The molecule has 2 rings (SSSR count). The summed E-state index contributed by atoms with van der Waals surface area (Å²) in [6.07, 6.45) is 0. The molecule has 0 aliphatic heterocycles. The lowest BCUT2D eigenvalue weighted by atomic mass is 10.1. The number of hydrogen-bond donors (Lipinski definition) is 1. The predicted molar refractivity (Wildman–Crippen MR) is 72.8 cm³/mol.